The van der Waals surface area contributed by atoms with Gasteiger partial charge in [-0.1, -0.05) is 12.1 Å². The van der Waals surface area contributed by atoms with Gasteiger partial charge in [-0.15, -0.1) is 12.4 Å². The molecule has 146 valence electrons. The summed E-state index contributed by atoms with van der Waals surface area (Å²) < 4.78 is 5.17. The van der Waals surface area contributed by atoms with Crippen LogP contribution in [0.3, 0.4) is 0 Å². The standard InChI is InChI=1S/C20H25N3O3.ClH/c1-23(20(25)18-9-5-13-26-18)17-8-3-2-7-16(17)19(24)22-12-10-15-6-4-11-21-14-15;/h2-3,5,7-9,13,15,21H,4,6,10-12,14H2,1H3,(H,22,24);1H. The highest BCUT2D eigenvalue weighted by Gasteiger charge is 2.21. The van der Waals surface area contributed by atoms with E-state index in [0.29, 0.717) is 23.7 Å². The lowest BCUT2D eigenvalue weighted by Crippen LogP contribution is -2.34. The molecule has 1 aliphatic rings. The second kappa shape index (κ2) is 10.1. The molecule has 2 amide bonds. The zero-order valence-electron chi connectivity index (χ0n) is 15.4. The van der Waals surface area contributed by atoms with Crippen LogP contribution >= 0.6 is 12.4 Å². The molecule has 1 aromatic carbocycles. The van der Waals surface area contributed by atoms with E-state index in [4.69, 9.17) is 4.42 Å². The molecule has 2 aromatic rings. The van der Waals surface area contributed by atoms with Crippen molar-refractivity contribution in [2.75, 3.05) is 31.6 Å². The summed E-state index contributed by atoms with van der Waals surface area (Å²) in [5.74, 6) is 0.405. The number of furan rings is 1. The van der Waals surface area contributed by atoms with Gasteiger partial charge in [0.05, 0.1) is 17.5 Å². The van der Waals surface area contributed by atoms with Gasteiger partial charge in [-0.05, 0) is 62.5 Å². The van der Waals surface area contributed by atoms with Crippen molar-refractivity contribution in [2.45, 2.75) is 19.3 Å². The first-order valence-electron chi connectivity index (χ1n) is 9.06. The number of hydrogen-bond donors (Lipinski definition) is 2. The molecule has 0 saturated carbocycles. The molecule has 2 heterocycles. The molecule has 0 spiro atoms. The average Bonchev–Trinajstić information content (AvgIpc) is 3.22. The third-order valence-corrected chi connectivity index (χ3v) is 4.78. The summed E-state index contributed by atoms with van der Waals surface area (Å²) in [4.78, 5) is 26.6. The van der Waals surface area contributed by atoms with Gasteiger partial charge in [0, 0.05) is 13.6 Å². The summed E-state index contributed by atoms with van der Waals surface area (Å²) in [6.07, 6.45) is 4.82. The zero-order valence-corrected chi connectivity index (χ0v) is 16.3. The molecular formula is C20H26ClN3O3. The van der Waals surface area contributed by atoms with E-state index in [0.717, 1.165) is 19.5 Å². The van der Waals surface area contributed by atoms with E-state index in [1.54, 1.807) is 37.4 Å². The normalized spacial score (nSPS) is 16.3. The van der Waals surface area contributed by atoms with Crippen LogP contribution in [0.5, 0.6) is 0 Å². The van der Waals surface area contributed by atoms with Crippen molar-refractivity contribution in [1.82, 2.24) is 10.6 Å². The second-order valence-corrected chi connectivity index (χ2v) is 6.62. The van der Waals surface area contributed by atoms with Gasteiger partial charge < -0.3 is 20.0 Å². The maximum absolute atomic E-state index is 12.6. The van der Waals surface area contributed by atoms with Crippen LogP contribution in [-0.2, 0) is 0 Å². The van der Waals surface area contributed by atoms with Crippen molar-refractivity contribution in [3.63, 3.8) is 0 Å². The fourth-order valence-electron chi connectivity index (χ4n) is 3.29. The average molecular weight is 392 g/mol. The van der Waals surface area contributed by atoms with E-state index in [9.17, 15) is 9.59 Å². The largest absolute Gasteiger partial charge is 0.459 e. The van der Waals surface area contributed by atoms with Crippen molar-refractivity contribution >= 4 is 29.9 Å². The Kier molecular flexibility index (Phi) is 7.88. The van der Waals surface area contributed by atoms with Crippen molar-refractivity contribution < 1.29 is 14.0 Å². The molecule has 0 aliphatic carbocycles. The van der Waals surface area contributed by atoms with Crippen LogP contribution in [0.4, 0.5) is 5.69 Å². The monoisotopic (exact) mass is 391 g/mol. The molecule has 1 saturated heterocycles. The van der Waals surface area contributed by atoms with Crippen molar-refractivity contribution in [3.05, 3.63) is 54.0 Å². The predicted octanol–water partition coefficient (Wildman–Crippen LogP) is 3.10. The topological polar surface area (TPSA) is 74.6 Å². The minimum absolute atomic E-state index is 0. The van der Waals surface area contributed by atoms with Crippen LogP contribution in [-0.4, -0.2) is 38.5 Å². The van der Waals surface area contributed by atoms with Crippen LogP contribution in [0.25, 0.3) is 0 Å². The summed E-state index contributed by atoms with van der Waals surface area (Å²) >= 11 is 0. The number of carbonyl (C=O) groups excluding carboxylic acids is 2. The van der Waals surface area contributed by atoms with Crippen molar-refractivity contribution in [2.24, 2.45) is 5.92 Å². The number of amides is 2. The molecule has 6 nitrogen and oxygen atoms in total. The molecular weight excluding hydrogens is 366 g/mol. The third-order valence-electron chi connectivity index (χ3n) is 4.78. The number of para-hydroxylation sites is 1. The maximum atomic E-state index is 12.6. The number of anilines is 1. The number of rotatable bonds is 6. The highest BCUT2D eigenvalue weighted by Crippen LogP contribution is 2.21. The first-order valence-corrected chi connectivity index (χ1v) is 9.06. The second-order valence-electron chi connectivity index (χ2n) is 6.62. The fraction of sp³-hybridized carbons (Fsp3) is 0.400. The Labute approximate surface area is 165 Å². The van der Waals surface area contributed by atoms with Crippen molar-refractivity contribution in [1.29, 1.82) is 0 Å². The third kappa shape index (κ3) is 5.34. The van der Waals surface area contributed by atoms with Crippen molar-refractivity contribution in [3.8, 4) is 0 Å². The molecule has 1 aliphatic heterocycles. The molecule has 1 aromatic heterocycles. The Morgan fingerprint density at radius 1 is 1.26 bits per heavy atom. The Bertz CT molecular complexity index is 743. The Hall–Kier alpha value is -2.31. The number of carbonyl (C=O) groups is 2. The number of halogens is 1. The van der Waals surface area contributed by atoms with Crippen LogP contribution in [0.15, 0.2) is 47.1 Å². The number of nitrogens with one attached hydrogen (secondary N) is 2. The highest BCUT2D eigenvalue weighted by atomic mass is 35.5. The van der Waals surface area contributed by atoms with Crippen LogP contribution in [0, 0.1) is 5.92 Å². The molecule has 2 N–H and O–H groups in total. The predicted molar refractivity (Wildman–Crippen MR) is 108 cm³/mol. The first-order chi connectivity index (χ1) is 12.7. The number of hydrogen-bond acceptors (Lipinski definition) is 4. The molecule has 1 unspecified atom stereocenters. The van der Waals surface area contributed by atoms with Gasteiger partial charge in [-0.3, -0.25) is 9.59 Å². The Morgan fingerprint density at radius 3 is 2.78 bits per heavy atom. The Balaban J connectivity index is 0.00000261. The van der Waals surface area contributed by atoms with Gasteiger partial charge in [-0.25, -0.2) is 0 Å². The van der Waals surface area contributed by atoms with Gasteiger partial charge in [-0.2, -0.15) is 0 Å². The van der Waals surface area contributed by atoms with E-state index in [-0.39, 0.29) is 30.0 Å². The molecule has 0 radical (unpaired) electrons. The molecule has 27 heavy (non-hydrogen) atoms. The molecule has 0 bridgehead atoms. The highest BCUT2D eigenvalue weighted by molar-refractivity contribution is 6.09. The van der Waals surface area contributed by atoms with Gasteiger partial charge in [0.25, 0.3) is 11.8 Å². The lowest BCUT2D eigenvalue weighted by molar-refractivity contribution is 0.0951. The molecule has 3 rings (SSSR count). The van der Waals surface area contributed by atoms with Gasteiger partial charge in [0.15, 0.2) is 5.76 Å². The SMILES string of the molecule is CN(C(=O)c1ccco1)c1ccccc1C(=O)NCCC1CCCNC1.Cl. The van der Waals surface area contributed by atoms with Crippen LogP contribution in [0.1, 0.15) is 40.2 Å². The quantitative estimate of drug-likeness (QED) is 0.793. The first kappa shape index (κ1) is 21.0. The number of piperidine rings is 1. The van der Waals surface area contributed by atoms with E-state index >= 15 is 0 Å². The van der Waals surface area contributed by atoms with Gasteiger partial charge in [0.2, 0.25) is 0 Å². The van der Waals surface area contributed by atoms with E-state index in [1.165, 1.54) is 24.0 Å². The fourth-order valence-corrected chi connectivity index (χ4v) is 3.29. The summed E-state index contributed by atoms with van der Waals surface area (Å²) in [5.41, 5.74) is 1.04. The lowest BCUT2D eigenvalue weighted by Gasteiger charge is -2.23. The summed E-state index contributed by atoms with van der Waals surface area (Å²) in [6, 6.07) is 10.4. The number of nitrogens with zero attached hydrogens (tertiary/aromatic N) is 1. The summed E-state index contributed by atoms with van der Waals surface area (Å²) in [6.45, 7) is 2.74. The minimum Gasteiger partial charge on any atom is -0.459 e. The smallest absolute Gasteiger partial charge is 0.293 e. The van der Waals surface area contributed by atoms with Gasteiger partial charge >= 0.3 is 0 Å². The molecule has 7 heteroatoms. The van der Waals surface area contributed by atoms with E-state index in [2.05, 4.69) is 10.6 Å². The zero-order chi connectivity index (χ0) is 18.4. The maximum Gasteiger partial charge on any atom is 0.293 e. The van der Waals surface area contributed by atoms with Gasteiger partial charge in [0.1, 0.15) is 0 Å². The van der Waals surface area contributed by atoms with E-state index in [1.807, 2.05) is 6.07 Å². The lowest BCUT2D eigenvalue weighted by atomic mass is 9.96. The van der Waals surface area contributed by atoms with Crippen LogP contribution < -0.4 is 15.5 Å². The van der Waals surface area contributed by atoms with E-state index < -0.39 is 0 Å². The van der Waals surface area contributed by atoms with Crippen LogP contribution in [0.2, 0.25) is 0 Å². The molecule has 1 atom stereocenters. The number of benzene rings is 1. The molecule has 1 fully saturated rings. The summed E-state index contributed by atoms with van der Waals surface area (Å²) in [7, 11) is 1.64. The minimum atomic E-state index is -0.288. The Morgan fingerprint density at radius 2 is 2.07 bits per heavy atom. The summed E-state index contributed by atoms with van der Waals surface area (Å²) in [5, 5.41) is 6.38.